The summed E-state index contributed by atoms with van der Waals surface area (Å²) < 4.78 is 0. The molecule has 1 aliphatic carbocycles. The maximum atomic E-state index is 10.2. The Morgan fingerprint density at radius 2 is 1.57 bits per heavy atom. The Balaban J connectivity index is 2.73. The number of hydrogen-bond donors (Lipinski definition) is 1. The van der Waals surface area contributed by atoms with E-state index in [1.807, 2.05) is 0 Å². The van der Waals surface area contributed by atoms with E-state index in [2.05, 4.69) is 48.1 Å². The summed E-state index contributed by atoms with van der Waals surface area (Å²) in [7, 11) is 0. The first kappa shape index (κ1) is 11.8. The Morgan fingerprint density at radius 3 is 1.79 bits per heavy atom. The van der Waals surface area contributed by atoms with Gasteiger partial charge in [-0.3, -0.25) is 0 Å². The highest BCUT2D eigenvalue weighted by Gasteiger charge is 2.54. The summed E-state index contributed by atoms with van der Waals surface area (Å²) in [6, 6.07) is 0. The van der Waals surface area contributed by atoms with Crippen LogP contribution in [-0.4, -0.2) is 11.2 Å². The lowest BCUT2D eigenvalue weighted by Gasteiger charge is -2.27. The van der Waals surface area contributed by atoms with Crippen LogP contribution in [0.5, 0.6) is 0 Å². The molecule has 1 aliphatic rings. The van der Waals surface area contributed by atoms with E-state index in [0.29, 0.717) is 11.8 Å². The minimum absolute atomic E-state index is 0.0341. The minimum atomic E-state index is -0.251. The van der Waals surface area contributed by atoms with E-state index in [0.717, 1.165) is 0 Å². The van der Waals surface area contributed by atoms with Crippen molar-refractivity contribution in [1.82, 2.24) is 0 Å². The SMILES string of the molecule is C=C1[C@@H]([C@H](O)C(C)(C)C)[C@@H]1C(C)(C)C. The Bertz CT molecular complexity index is 239. The molecule has 1 fully saturated rings. The van der Waals surface area contributed by atoms with Crippen LogP contribution < -0.4 is 0 Å². The molecule has 0 aromatic carbocycles. The predicted molar refractivity (Wildman–Crippen MR) is 61.0 cm³/mol. The molecule has 1 rings (SSSR count). The van der Waals surface area contributed by atoms with E-state index in [1.54, 1.807) is 0 Å². The molecule has 14 heavy (non-hydrogen) atoms. The van der Waals surface area contributed by atoms with Crippen LogP contribution in [0.25, 0.3) is 0 Å². The Hall–Kier alpha value is -0.300. The maximum Gasteiger partial charge on any atom is 0.0659 e. The van der Waals surface area contributed by atoms with Gasteiger partial charge < -0.3 is 5.11 Å². The molecule has 0 amide bonds. The lowest BCUT2D eigenvalue weighted by molar-refractivity contribution is 0.0351. The van der Waals surface area contributed by atoms with Gasteiger partial charge in [0.15, 0.2) is 0 Å². The van der Waals surface area contributed by atoms with Crippen molar-refractivity contribution in [2.75, 3.05) is 0 Å². The van der Waals surface area contributed by atoms with Crippen molar-refractivity contribution in [3.63, 3.8) is 0 Å². The third-order valence-corrected chi connectivity index (χ3v) is 3.24. The van der Waals surface area contributed by atoms with Gasteiger partial charge in [-0.25, -0.2) is 0 Å². The molecule has 1 heteroatoms. The van der Waals surface area contributed by atoms with Crippen LogP contribution in [0.1, 0.15) is 41.5 Å². The van der Waals surface area contributed by atoms with Gasteiger partial charge in [0.05, 0.1) is 6.10 Å². The molecule has 0 bridgehead atoms. The van der Waals surface area contributed by atoms with Gasteiger partial charge in [0.1, 0.15) is 0 Å². The summed E-state index contributed by atoms with van der Waals surface area (Å²) in [4.78, 5) is 0. The molecule has 0 saturated heterocycles. The van der Waals surface area contributed by atoms with Gasteiger partial charge in [-0.1, -0.05) is 53.7 Å². The molecule has 0 spiro atoms. The molecular weight excluding hydrogens is 172 g/mol. The molecule has 0 heterocycles. The molecule has 0 unspecified atom stereocenters. The van der Waals surface area contributed by atoms with Crippen molar-refractivity contribution < 1.29 is 5.11 Å². The second-order valence-corrected chi connectivity index (χ2v) is 6.76. The van der Waals surface area contributed by atoms with Gasteiger partial charge >= 0.3 is 0 Å². The van der Waals surface area contributed by atoms with Crippen LogP contribution >= 0.6 is 0 Å². The second-order valence-electron chi connectivity index (χ2n) is 6.76. The average Bonchev–Trinajstić information content (AvgIpc) is 2.56. The van der Waals surface area contributed by atoms with Crippen LogP contribution in [0.2, 0.25) is 0 Å². The molecule has 0 aliphatic heterocycles. The fourth-order valence-corrected chi connectivity index (χ4v) is 2.36. The fourth-order valence-electron chi connectivity index (χ4n) is 2.36. The van der Waals surface area contributed by atoms with Crippen molar-refractivity contribution in [2.24, 2.45) is 22.7 Å². The molecule has 1 saturated carbocycles. The van der Waals surface area contributed by atoms with Crippen LogP contribution in [0.4, 0.5) is 0 Å². The third-order valence-electron chi connectivity index (χ3n) is 3.24. The quantitative estimate of drug-likeness (QED) is 0.638. The highest BCUT2D eigenvalue weighted by atomic mass is 16.3. The number of aliphatic hydroxyl groups excluding tert-OH is 1. The highest BCUT2D eigenvalue weighted by Crippen LogP contribution is 2.58. The summed E-state index contributed by atoms with van der Waals surface area (Å²) in [6.45, 7) is 17.0. The van der Waals surface area contributed by atoms with E-state index < -0.39 is 0 Å². The summed E-state index contributed by atoms with van der Waals surface area (Å²) in [5.74, 6) is 0.812. The van der Waals surface area contributed by atoms with Crippen LogP contribution in [0, 0.1) is 22.7 Å². The Kier molecular flexibility index (Phi) is 2.60. The molecule has 3 atom stereocenters. The summed E-state index contributed by atoms with van der Waals surface area (Å²) in [5.41, 5.74) is 1.45. The van der Waals surface area contributed by atoms with Gasteiger partial charge in [-0.2, -0.15) is 0 Å². The van der Waals surface area contributed by atoms with E-state index in [9.17, 15) is 5.11 Å². The summed E-state index contributed by atoms with van der Waals surface area (Å²) in [6.07, 6.45) is -0.251. The number of hydrogen-bond acceptors (Lipinski definition) is 1. The molecule has 0 aromatic heterocycles. The van der Waals surface area contributed by atoms with Crippen LogP contribution in [-0.2, 0) is 0 Å². The van der Waals surface area contributed by atoms with Crippen molar-refractivity contribution in [3.05, 3.63) is 12.2 Å². The fraction of sp³-hybridized carbons (Fsp3) is 0.846. The topological polar surface area (TPSA) is 20.2 Å². The standard InChI is InChI=1S/C13H24O/c1-8-9(10(8)12(2,3)4)11(14)13(5,6)7/h9-11,14H,1H2,2-7H3/t9-,10-,11+/m1/s1. The zero-order chi connectivity index (χ0) is 11.3. The molecular formula is C13H24O. The highest BCUT2D eigenvalue weighted by molar-refractivity contribution is 5.31. The van der Waals surface area contributed by atoms with Gasteiger partial charge in [0.25, 0.3) is 0 Å². The van der Waals surface area contributed by atoms with E-state index in [4.69, 9.17) is 0 Å². The van der Waals surface area contributed by atoms with Gasteiger partial charge in [0, 0.05) is 5.92 Å². The Labute approximate surface area is 88.2 Å². The largest absolute Gasteiger partial charge is 0.392 e. The number of aliphatic hydroxyl groups is 1. The first-order valence-corrected chi connectivity index (χ1v) is 5.43. The third kappa shape index (κ3) is 2.03. The molecule has 0 radical (unpaired) electrons. The van der Waals surface area contributed by atoms with Gasteiger partial charge in [-0.15, -0.1) is 0 Å². The maximum absolute atomic E-state index is 10.2. The Morgan fingerprint density at radius 1 is 1.14 bits per heavy atom. The lowest BCUT2D eigenvalue weighted by atomic mass is 9.81. The smallest absolute Gasteiger partial charge is 0.0659 e. The number of rotatable bonds is 1. The van der Waals surface area contributed by atoms with E-state index >= 15 is 0 Å². The lowest BCUT2D eigenvalue weighted by Crippen LogP contribution is -2.30. The zero-order valence-electron chi connectivity index (χ0n) is 10.4. The van der Waals surface area contributed by atoms with Crippen molar-refractivity contribution >= 4 is 0 Å². The van der Waals surface area contributed by atoms with Gasteiger partial charge in [-0.05, 0) is 16.7 Å². The van der Waals surface area contributed by atoms with Crippen LogP contribution in [0.3, 0.4) is 0 Å². The normalized spacial score (nSPS) is 30.4. The van der Waals surface area contributed by atoms with Crippen molar-refractivity contribution in [1.29, 1.82) is 0 Å². The summed E-state index contributed by atoms with van der Waals surface area (Å²) >= 11 is 0. The average molecular weight is 196 g/mol. The molecule has 1 nitrogen and oxygen atoms in total. The minimum Gasteiger partial charge on any atom is -0.392 e. The van der Waals surface area contributed by atoms with Crippen molar-refractivity contribution in [3.8, 4) is 0 Å². The molecule has 1 N–H and O–H groups in total. The molecule has 0 aromatic rings. The zero-order valence-corrected chi connectivity index (χ0v) is 10.4. The molecule has 82 valence electrons. The van der Waals surface area contributed by atoms with E-state index in [1.165, 1.54) is 5.57 Å². The second kappa shape index (κ2) is 3.10. The first-order chi connectivity index (χ1) is 6.07. The van der Waals surface area contributed by atoms with Crippen LogP contribution in [0.15, 0.2) is 12.2 Å². The van der Waals surface area contributed by atoms with Gasteiger partial charge in [0.2, 0.25) is 0 Å². The van der Waals surface area contributed by atoms with Crippen molar-refractivity contribution in [2.45, 2.75) is 47.6 Å². The monoisotopic (exact) mass is 196 g/mol. The first-order valence-electron chi connectivity index (χ1n) is 5.43. The predicted octanol–water partition coefficient (Wildman–Crippen LogP) is 3.24. The summed E-state index contributed by atoms with van der Waals surface area (Å²) in [5, 5.41) is 10.2. The van der Waals surface area contributed by atoms with E-state index in [-0.39, 0.29) is 16.9 Å².